The molecule has 0 unspecified atom stereocenters. The lowest BCUT2D eigenvalue weighted by atomic mass is 10.2. The van der Waals surface area contributed by atoms with Gasteiger partial charge in [0.1, 0.15) is 4.90 Å². The van der Waals surface area contributed by atoms with E-state index in [1.54, 1.807) is 0 Å². The quantitative estimate of drug-likeness (QED) is 0.597. The zero-order valence-corrected chi connectivity index (χ0v) is 13.7. The van der Waals surface area contributed by atoms with Crippen LogP contribution in [-0.2, 0) is 9.84 Å². The number of hydrogen-bond donors (Lipinski definition) is 1. The summed E-state index contributed by atoms with van der Waals surface area (Å²) in [6, 6.07) is 3.39. The predicted octanol–water partition coefficient (Wildman–Crippen LogP) is 2.26. The molecule has 136 valence electrons. The van der Waals surface area contributed by atoms with E-state index in [0.717, 1.165) is 12.1 Å². The third-order valence-electron chi connectivity index (χ3n) is 3.40. The van der Waals surface area contributed by atoms with Crippen LogP contribution in [0.3, 0.4) is 0 Å². The molecule has 0 saturated carbocycles. The summed E-state index contributed by atoms with van der Waals surface area (Å²) in [7, 11) is -4.63. The second kappa shape index (κ2) is 6.36. The van der Waals surface area contributed by atoms with Gasteiger partial charge in [-0.3, -0.25) is 30.3 Å². The highest BCUT2D eigenvalue weighted by molar-refractivity contribution is 7.91. The molecule has 2 aromatic carbocycles. The molecule has 0 saturated heterocycles. The monoisotopic (exact) mass is 383 g/mol. The minimum atomic E-state index is -4.63. The number of nitro groups is 3. The van der Waals surface area contributed by atoms with Gasteiger partial charge in [0.05, 0.1) is 25.7 Å². The van der Waals surface area contributed by atoms with Crippen molar-refractivity contribution in [3.05, 3.63) is 66.2 Å². The van der Waals surface area contributed by atoms with Crippen LogP contribution in [0.4, 0.5) is 17.1 Å². The van der Waals surface area contributed by atoms with Crippen LogP contribution in [0.15, 0.2) is 40.1 Å². The Bertz CT molecular complexity index is 1060. The highest BCUT2D eigenvalue weighted by atomic mass is 32.2. The van der Waals surface area contributed by atoms with Gasteiger partial charge in [0, 0.05) is 12.1 Å². The summed E-state index contributed by atoms with van der Waals surface area (Å²) in [5.41, 5.74) is -2.77. The molecule has 0 atom stereocenters. The van der Waals surface area contributed by atoms with Crippen LogP contribution in [0.1, 0.15) is 5.56 Å². The summed E-state index contributed by atoms with van der Waals surface area (Å²) in [6.07, 6.45) is 0. The fraction of sp³-hybridized carbons (Fsp3) is 0.0769. The standard InChI is InChI=1S/C13H9N3O9S/c1-7-4-9(6-11(13(7)17)16(22)23)26(24,25)12-3-2-8(14(18)19)5-10(12)15(20)21/h2-6,17H,1H3. The summed E-state index contributed by atoms with van der Waals surface area (Å²) >= 11 is 0. The first-order valence-electron chi connectivity index (χ1n) is 6.62. The molecule has 13 heteroatoms. The van der Waals surface area contributed by atoms with Gasteiger partial charge >= 0.3 is 5.69 Å². The van der Waals surface area contributed by atoms with Crippen LogP contribution in [0, 0.1) is 37.3 Å². The zero-order chi connectivity index (χ0) is 19.8. The van der Waals surface area contributed by atoms with E-state index in [2.05, 4.69) is 0 Å². The first-order chi connectivity index (χ1) is 12.0. The maximum absolute atomic E-state index is 12.7. The molecule has 0 aliphatic carbocycles. The summed E-state index contributed by atoms with van der Waals surface area (Å²) in [4.78, 5) is 28.2. The van der Waals surface area contributed by atoms with E-state index >= 15 is 0 Å². The molecule has 0 bridgehead atoms. The number of non-ortho nitro benzene ring substituents is 1. The van der Waals surface area contributed by atoms with E-state index in [-0.39, 0.29) is 5.56 Å². The first kappa shape index (κ1) is 18.7. The lowest BCUT2D eigenvalue weighted by molar-refractivity contribution is -0.396. The fourth-order valence-corrected chi connectivity index (χ4v) is 3.65. The van der Waals surface area contributed by atoms with E-state index in [1.165, 1.54) is 6.92 Å². The van der Waals surface area contributed by atoms with Gasteiger partial charge in [-0.2, -0.15) is 0 Å². The summed E-state index contributed by atoms with van der Waals surface area (Å²) in [5.74, 6) is -0.743. The van der Waals surface area contributed by atoms with Gasteiger partial charge in [-0.1, -0.05) is 0 Å². The van der Waals surface area contributed by atoms with Crippen molar-refractivity contribution in [3.8, 4) is 5.75 Å². The Kier molecular flexibility index (Phi) is 4.58. The number of benzene rings is 2. The van der Waals surface area contributed by atoms with Crippen molar-refractivity contribution in [1.29, 1.82) is 0 Å². The van der Waals surface area contributed by atoms with Crippen LogP contribution in [0.25, 0.3) is 0 Å². The molecule has 0 spiro atoms. The molecule has 0 aliphatic rings. The van der Waals surface area contributed by atoms with E-state index in [1.807, 2.05) is 0 Å². The maximum Gasteiger partial charge on any atom is 0.312 e. The maximum atomic E-state index is 12.7. The number of phenols is 1. The molecule has 0 amide bonds. The van der Waals surface area contributed by atoms with Crippen molar-refractivity contribution in [2.75, 3.05) is 0 Å². The summed E-state index contributed by atoms with van der Waals surface area (Å²) in [6.45, 7) is 1.21. The van der Waals surface area contributed by atoms with Crippen molar-refractivity contribution < 1.29 is 28.3 Å². The Morgan fingerprint density at radius 1 is 0.885 bits per heavy atom. The van der Waals surface area contributed by atoms with Crippen molar-refractivity contribution >= 4 is 26.9 Å². The van der Waals surface area contributed by atoms with E-state index in [9.17, 15) is 43.9 Å². The number of nitro benzene ring substituents is 3. The number of nitrogens with zero attached hydrogens (tertiary/aromatic N) is 3. The number of aryl methyl sites for hydroxylation is 1. The molecule has 1 N–H and O–H groups in total. The third-order valence-corrected chi connectivity index (χ3v) is 5.18. The average molecular weight is 383 g/mol. The van der Waals surface area contributed by atoms with Crippen molar-refractivity contribution in [2.45, 2.75) is 16.7 Å². The Hall–Kier alpha value is -3.61. The number of sulfone groups is 1. The number of phenolic OH excluding ortho intramolecular Hbond substituents is 1. The lowest BCUT2D eigenvalue weighted by Crippen LogP contribution is -2.07. The minimum Gasteiger partial charge on any atom is -0.502 e. The van der Waals surface area contributed by atoms with Crippen LogP contribution in [0.2, 0.25) is 0 Å². The highest BCUT2D eigenvalue weighted by Gasteiger charge is 2.32. The van der Waals surface area contributed by atoms with Crippen LogP contribution < -0.4 is 0 Å². The van der Waals surface area contributed by atoms with Crippen LogP contribution in [0.5, 0.6) is 5.75 Å². The smallest absolute Gasteiger partial charge is 0.312 e. The lowest BCUT2D eigenvalue weighted by Gasteiger charge is -2.08. The molecular formula is C13H9N3O9S. The van der Waals surface area contributed by atoms with Gasteiger partial charge in [0.25, 0.3) is 11.4 Å². The molecule has 0 aliphatic heterocycles. The molecule has 0 radical (unpaired) electrons. The molecule has 0 fully saturated rings. The zero-order valence-electron chi connectivity index (χ0n) is 12.8. The molecular weight excluding hydrogens is 374 g/mol. The second-order valence-corrected chi connectivity index (χ2v) is 6.95. The number of rotatable bonds is 5. The second-order valence-electron chi connectivity index (χ2n) is 5.03. The number of hydrogen-bond acceptors (Lipinski definition) is 9. The Morgan fingerprint density at radius 3 is 1.96 bits per heavy atom. The van der Waals surface area contributed by atoms with Crippen molar-refractivity contribution in [3.63, 3.8) is 0 Å². The SMILES string of the molecule is Cc1cc(S(=O)(=O)c2ccc([N+](=O)[O-])cc2[N+](=O)[O-])cc([N+](=O)[O-])c1O. The minimum absolute atomic E-state index is 0.137. The van der Waals surface area contributed by atoms with Crippen molar-refractivity contribution in [1.82, 2.24) is 0 Å². The van der Waals surface area contributed by atoms with Gasteiger partial charge in [-0.05, 0) is 24.6 Å². The molecule has 2 aromatic rings. The fourth-order valence-electron chi connectivity index (χ4n) is 2.14. The van der Waals surface area contributed by atoms with E-state index in [4.69, 9.17) is 0 Å². The van der Waals surface area contributed by atoms with Gasteiger partial charge in [0.2, 0.25) is 9.84 Å². The predicted molar refractivity (Wildman–Crippen MR) is 84.7 cm³/mol. The van der Waals surface area contributed by atoms with Gasteiger partial charge in [-0.25, -0.2) is 8.42 Å². The van der Waals surface area contributed by atoms with E-state index < -0.39 is 57.2 Å². The van der Waals surface area contributed by atoms with Gasteiger partial charge < -0.3 is 5.11 Å². The molecule has 26 heavy (non-hydrogen) atoms. The third kappa shape index (κ3) is 3.14. The highest BCUT2D eigenvalue weighted by Crippen LogP contribution is 2.37. The molecule has 0 aromatic heterocycles. The van der Waals surface area contributed by atoms with Crippen LogP contribution >= 0.6 is 0 Å². The van der Waals surface area contributed by atoms with Crippen molar-refractivity contribution in [2.24, 2.45) is 0 Å². The van der Waals surface area contributed by atoms with E-state index in [0.29, 0.717) is 18.2 Å². The molecule has 12 nitrogen and oxygen atoms in total. The first-order valence-corrected chi connectivity index (χ1v) is 8.11. The van der Waals surface area contributed by atoms with Crippen LogP contribution in [-0.4, -0.2) is 28.3 Å². The normalized spacial score (nSPS) is 11.1. The summed E-state index contributed by atoms with van der Waals surface area (Å²) < 4.78 is 25.4. The summed E-state index contributed by atoms with van der Waals surface area (Å²) in [5, 5.41) is 42.5. The number of aromatic hydroxyl groups is 1. The van der Waals surface area contributed by atoms with Gasteiger partial charge in [0.15, 0.2) is 5.75 Å². The average Bonchev–Trinajstić information content (AvgIpc) is 2.55. The molecule has 2 rings (SSSR count). The topological polar surface area (TPSA) is 184 Å². The van der Waals surface area contributed by atoms with Gasteiger partial charge in [-0.15, -0.1) is 0 Å². The Morgan fingerprint density at radius 2 is 1.46 bits per heavy atom. The Labute approximate surface area is 144 Å². The molecule has 0 heterocycles. The largest absolute Gasteiger partial charge is 0.502 e. The Balaban J connectivity index is 2.78.